The molecule has 0 atom stereocenters. The Bertz CT molecular complexity index is 849. The number of nitrogens with zero attached hydrogens (tertiary/aromatic N) is 4. The minimum Gasteiger partial charge on any atom is -0.378 e. The summed E-state index contributed by atoms with van der Waals surface area (Å²) in [6.45, 7) is 2.82. The van der Waals surface area contributed by atoms with Crippen molar-refractivity contribution in [3.63, 3.8) is 0 Å². The highest BCUT2D eigenvalue weighted by atomic mass is 16.5. The minimum atomic E-state index is -0.170. The zero-order chi connectivity index (χ0) is 14.9. The second-order valence-electron chi connectivity index (χ2n) is 5.13. The van der Waals surface area contributed by atoms with E-state index in [9.17, 15) is 4.79 Å². The van der Waals surface area contributed by atoms with Crippen LogP contribution in [0.2, 0.25) is 0 Å². The molecule has 1 aliphatic rings. The van der Waals surface area contributed by atoms with E-state index in [-0.39, 0.29) is 5.56 Å². The monoisotopic (exact) mass is 297 g/mol. The molecule has 0 spiro atoms. The molecule has 1 saturated heterocycles. The van der Waals surface area contributed by atoms with E-state index in [4.69, 9.17) is 4.74 Å². The molecule has 0 amide bonds. The average molecular weight is 297 g/mol. The molecule has 7 nitrogen and oxygen atoms in total. The van der Waals surface area contributed by atoms with Gasteiger partial charge in [-0.3, -0.25) is 9.89 Å². The molecule has 22 heavy (non-hydrogen) atoms. The maximum atomic E-state index is 12.3. The van der Waals surface area contributed by atoms with Gasteiger partial charge in [-0.25, -0.2) is 4.98 Å². The van der Waals surface area contributed by atoms with E-state index in [0.717, 1.165) is 18.7 Å². The summed E-state index contributed by atoms with van der Waals surface area (Å²) in [5.41, 5.74) is 1.36. The maximum absolute atomic E-state index is 12.3. The predicted molar refractivity (Wildman–Crippen MR) is 82.1 cm³/mol. The molecule has 1 fully saturated rings. The van der Waals surface area contributed by atoms with Crippen molar-refractivity contribution in [3.8, 4) is 11.3 Å². The topological polar surface area (TPSA) is 75.5 Å². The van der Waals surface area contributed by atoms with Crippen LogP contribution in [0.3, 0.4) is 0 Å². The highest BCUT2D eigenvalue weighted by molar-refractivity contribution is 5.60. The zero-order valence-corrected chi connectivity index (χ0v) is 11.9. The van der Waals surface area contributed by atoms with Crippen molar-refractivity contribution in [1.82, 2.24) is 19.6 Å². The Kier molecular flexibility index (Phi) is 3.12. The SMILES string of the molecule is O=c1cc(-c2ccccc2)nc2nc(N3CCOCC3)[nH]n12. The van der Waals surface area contributed by atoms with E-state index in [0.29, 0.717) is 30.6 Å². The standard InChI is InChI=1S/C15H15N5O2/c21-13-10-12(11-4-2-1-3-5-11)16-14-17-15(18-20(13)14)19-6-8-22-9-7-19/h1-5,10H,6-9H2,(H,16,17,18). The van der Waals surface area contributed by atoms with Crippen molar-refractivity contribution < 1.29 is 4.74 Å². The molecule has 1 N–H and O–H groups in total. The summed E-state index contributed by atoms with van der Waals surface area (Å²) in [5.74, 6) is 1.03. The highest BCUT2D eigenvalue weighted by Gasteiger charge is 2.16. The van der Waals surface area contributed by atoms with Crippen LogP contribution < -0.4 is 10.5 Å². The van der Waals surface area contributed by atoms with E-state index in [1.807, 2.05) is 30.3 Å². The van der Waals surface area contributed by atoms with Gasteiger partial charge in [0.1, 0.15) is 0 Å². The average Bonchev–Trinajstić information content (AvgIpc) is 3.01. The molecule has 2 aromatic heterocycles. The van der Waals surface area contributed by atoms with Gasteiger partial charge >= 0.3 is 0 Å². The summed E-state index contributed by atoms with van der Waals surface area (Å²) in [7, 11) is 0. The molecule has 4 rings (SSSR count). The van der Waals surface area contributed by atoms with Crippen LogP contribution in [-0.2, 0) is 4.74 Å². The number of nitrogens with one attached hydrogen (secondary N) is 1. The van der Waals surface area contributed by atoms with Crippen LogP contribution in [0, 0.1) is 0 Å². The molecule has 7 heteroatoms. The highest BCUT2D eigenvalue weighted by Crippen LogP contribution is 2.16. The zero-order valence-electron chi connectivity index (χ0n) is 11.9. The van der Waals surface area contributed by atoms with Gasteiger partial charge < -0.3 is 9.64 Å². The summed E-state index contributed by atoms with van der Waals surface area (Å²) in [6, 6.07) is 11.1. The summed E-state index contributed by atoms with van der Waals surface area (Å²) in [6.07, 6.45) is 0. The fourth-order valence-electron chi connectivity index (χ4n) is 2.54. The van der Waals surface area contributed by atoms with Crippen molar-refractivity contribution >= 4 is 11.7 Å². The lowest BCUT2D eigenvalue weighted by Gasteiger charge is -2.25. The van der Waals surface area contributed by atoms with Crippen LogP contribution in [0.15, 0.2) is 41.2 Å². The number of hydrogen-bond donors (Lipinski definition) is 1. The van der Waals surface area contributed by atoms with Crippen molar-refractivity contribution in [2.75, 3.05) is 31.2 Å². The first-order valence-electron chi connectivity index (χ1n) is 7.19. The second-order valence-corrected chi connectivity index (χ2v) is 5.13. The molecule has 0 saturated carbocycles. The molecule has 0 bridgehead atoms. The lowest BCUT2D eigenvalue weighted by atomic mass is 10.1. The third-order valence-corrected chi connectivity index (χ3v) is 3.70. The van der Waals surface area contributed by atoms with Crippen LogP contribution in [0.4, 0.5) is 5.95 Å². The number of aromatic nitrogens is 4. The van der Waals surface area contributed by atoms with E-state index in [1.165, 1.54) is 10.6 Å². The second kappa shape index (κ2) is 5.27. The molecular formula is C15H15N5O2. The van der Waals surface area contributed by atoms with Crippen LogP contribution in [0.5, 0.6) is 0 Å². The van der Waals surface area contributed by atoms with Gasteiger partial charge in [-0.05, 0) is 0 Å². The van der Waals surface area contributed by atoms with E-state index in [2.05, 4.69) is 20.0 Å². The van der Waals surface area contributed by atoms with E-state index >= 15 is 0 Å². The first kappa shape index (κ1) is 13.0. The van der Waals surface area contributed by atoms with Gasteiger partial charge in [0.25, 0.3) is 11.3 Å². The maximum Gasteiger partial charge on any atom is 0.274 e. The summed E-state index contributed by atoms with van der Waals surface area (Å²) in [5, 5.41) is 3.01. The molecule has 0 unspecified atom stereocenters. The first-order valence-corrected chi connectivity index (χ1v) is 7.19. The van der Waals surface area contributed by atoms with E-state index < -0.39 is 0 Å². The first-order chi connectivity index (χ1) is 10.8. The van der Waals surface area contributed by atoms with Crippen LogP contribution in [0.25, 0.3) is 17.0 Å². The number of anilines is 1. The Labute approximate surface area is 126 Å². The Morgan fingerprint density at radius 2 is 1.86 bits per heavy atom. The number of morpholine rings is 1. The number of rotatable bonds is 2. The molecule has 0 aliphatic carbocycles. The number of fused-ring (bicyclic) bond motifs is 1. The molecule has 1 aromatic carbocycles. The molecular weight excluding hydrogens is 282 g/mol. The van der Waals surface area contributed by atoms with Gasteiger partial charge in [-0.1, -0.05) is 30.3 Å². The van der Waals surface area contributed by atoms with Crippen molar-refractivity contribution in [1.29, 1.82) is 0 Å². The molecule has 3 heterocycles. The van der Waals surface area contributed by atoms with Gasteiger partial charge in [-0.2, -0.15) is 9.50 Å². The lowest BCUT2D eigenvalue weighted by Crippen LogP contribution is -2.37. The smallest absolute Gasteiger partial charge is 0.274 e. The molecule has 3 aromatic rings. The summed E-state index contributed by atoms with van der Waals surface area (Å²) in [4.78, 5) is 23.3. The lowest BCUT2D eigenvalue weighted by molar-refractivity contribution is 0.122. The van der Waals surface area contributed by atoms with Gasteiger partial charge in [0.05, 0.1) is 18.9 Å². The largest absolute Gasteiger partial charge is 0.378 e. The predicted octanol–water partition coefficient (Wildman–Crippen LogP) is 0.921. The molecule has 0 radical (unpaired) electrons. The van der Waals surface area contributed by atoms with Crippen LogP contribution in [-0.4, -0.2) is 45.9 Å². The third kappa shape index (κ3) is 2.25. The van der Waals surface area contributed by atoms with Crippen LogP contribution >= 0.6 is 0 Å². The Balaban J connectivity index is 1.79. The normalized spacial score (nSPS) is 15.4. The van der Waals surface area contributed by atoms with Crippen molar-refractivity contribution in [3.05, 3.63) is 46.8 Å². The molecule has 1 aliphatic heterocycles. The summed E-state index contributed by atoms with van der Waals surface area (Å²) < 4.78 is 6.70. The van der Waals surface area contributed by atoms with Crippen molar-refractivity contribution in [2.45, 2.75) is 0 Å². The Morgan fingerprint density at radius 1 is 1.09 bits per heavy atom. The third-order valence-electron chi connectivity index (χ3n) is 3.70. The minimum absolute atomic E-state index is 0.170. The number of ether oxygens (including phenoxy) is 1. The quantitative estimate of drug-likeness (QED) is 0.761. The van der Waals surface area contributed by atoms with Crippen molar-refractivity contribution in [2.24, 2.45) is 0 Å². The van der Waals surface area contributed by atoms with Gasteiger partial charge in [0.2, 0.25) is 5.95 Å². The van der Waals surface area contributed by atoms with Gasteiger partial charge in [0, 0.05) is 24.7 Å². The van der Waals surface area contributed by atoms with Gasteiger partial charge in [-0.15, -0.1) is 0 Å². The number of benzene rings is 1. The fourth-order valence-corrected chi connectivity index (χ4v) is 2.54. The number of aromatic amines is 1. The number of H-pyrrole nitrogens is 1. The Morgan fingerprint density at radius 3 is 2.64 bits per heavy atom. The summed E-state index contributed by atoms with van der Waals surface area (Å²) >= 11 is 0. The number of hydrogen-bond acceptors (Lipinski definition) is 5. The molecule has 112 valence electrons. The van der Waals surface area contributed by atoms with E-state index in [1.54, 1.807) is 0 Å². The van der Waals surface area contributed by atoms with Crippen LogP contribution in [0.1, 0.15) is 0 Å². The van der Waals surface area contributed by atoms with Gasteiger partial charge in [0.15, 0.2) is 0 Å². The fraction of sp³-hybridized carbons (Fsp3) is 0.267. The Hall–Kier alpha value is -2.67.